The largest absolute Gasteiger partial charge is 0.298 e. The van der Waals surface area contributed by atoms with Crippen LogP contribution in [0.25, 0.3) is 0 Å². The Kier molecular flexibility index (Phi) is 2.73. The third-order valence-electron chi connectivity index (χ3n) is 6.61. The first-order valence-corrected chi connectivity index (χ1v) is 8.69. The molecule has 0 radical (unpaired) electrons. The fraction of sp³-hybridized carbons (Fsp3) is 0.882. The van der Waals surface area contributed by atoms with Crippen molar-refractivity contribution in [1.29, 1.82) is 0 Å². The number of thioether (sulfide) groups is 1. The van der Waals surface area contributed by atoms with Crippen molar-refractivity contribution in [3.63, 3.8) is 0 Å². The first-order valence-electron chi connectivity index (χ1n) is 7.87. The average molecular weight is 325 g/mol. The molecule has 0 aromatic carbocycles. The molecule has 124 valence electrons. The summed E-state index contributed by atoms with van der Waals surface area (Å²) in [6, 6.07) is 0. The van der Waals surface area contributed by atoms with E-state index in [9.17, 15) is 9.59 Å². The van der Waals surface area contributed by atoms with Crippen LogP contribution in [0.15, 0.2) is 0 Å². The Balaban J connectivity index is 2.15. The van der Waals surface area contributed by atoms with E-state index < -0.39 is 31.5 Å². The molecular weight excluding hydrogens is 298 g/mol. The van der Waals surface area contributed by atoms with Gasteiger partial charge in [0.1, 0.15) is 10.7 Å². The lowest BCUT2D eigenvalue weighted by Gasteiger charge is -2.66. The summed E-state index contributed by atoms with van der Waals surface area (Å²) < 4.78 is 0. The third-order valence-corrected chi connectivity index (χ3v) is 9.57. The highest BCUT2D eigenvalue weighted by molar-refractivity contribution is 8.02. The molecule has 1 saturated heterocycles. The molecule has 0 aromatic heterocycles. The van der Waals surface area contributed by atoms with Crippen LogP contribution in [0.2, 0.25) is 0 Å². The Bertz CT molecular complexity index is 567. The first-order chi connectivity index (χ1) is 9.64. The molecule has 4 nitrogen and oxygen atoms in total. The van der Waals surface area contributed by atoms with Gasteiger partial charge in [-0.15, -0.1) is 0 Å². The molecule has 2 spiro atoms. The van der Waals surface area contributed by atoms with Crippen LogP contribution in [0.1, 0.15) is 55.4 Å². The average Bonchev–Trinajstić information content (AvgIpc) is 2.75. The van der Waals surface area contributed by atoms with E-state index in [1.807, 2.05) is 67.5 Å². The molecule has 0 N–H and O–H groups in total. The number of Topliss-reactive ketones (excluding diaryl/α,β-unsaturated/α-hetero) is 2. The number of hydrogen-bond acceptors (Lipinski definition) is 5. The van der Waals surface area contributed by atoms with Gasteiger partial charge in [-0.05, 0) is 27.7 Å². The lowest BCUT2D eigenvalue weighted by molar-refractivity contribution is -0.310. The van der Waals surface area contributed by atoms with E-state index in [4.69, 9.17) is 4.84 Å². The molecule has 2 aliphatic carbocycles. The summed E-state index contributed by atoms with van der Waals surface area (Å²) in [5, 5.41) is 1.87. The van der Waals surface area contributed by atoms with E-state index in [0.717, 1.165) is 0 Å². The van der Waals surface area contributed by atoms with Gasteiger partial charge in [0.2, 0.25) is 0 Å². The van der Waals surface area contributed by atoms with Gasteiger partial charge >= 0.3 is 0 Å². The molecule has 0 bridgehead atoms. The maximum absolute atomic E-state index is 12.7. The zero-order chi connectivity index (χ0) is 17.1. The van der Waals surface area contributed by atoms with Crippen molar-refractivity contribution in [3.05, 3.63) is 0 Å². The molecule has 3 rings (SSSR count). The van der Waals surface area contributed by atoms with Crippen LogP contribution < -0.4 is 0 Å². The van der Waals surface area contributed by atoms with E-state index in [1.54, 1.807) is 11.8 Å². The van der Waals surface area contributed by atoms with Crippen molar-refractivity contribution in [2.75, 3.05) is 7.05 Å². The van der Waals surface area contributed by atoms with Gasteiger partial charge in [0.25, 0.3) is 0 Å². The Morgan fingerprint density at radius 3 is 1.55 bits per heavy atom. The van der Waals surface area contributed by atoms with E-state index in [0.29, 0.717) is 0 Å². The van der Waals surface area contributed by atoms with Gasteiger partial charge in [0.05, 0.1) is 21.7 Å². The van der Waals surface area contributed by atoms with Gasteiger partial charge in [0, 0.05) is 7.05 Å². The van der Waals surface area contributed by atoms with Crippen molar-refractivity contribution in [2.45, 2.75) is 65.2 Å². The highest BCUT2D eigenvalue weighted by Gasteiger charge is 2.87. The molecule has 0 atom stereocenters. The Morgan fingerprint density at radius 2 is 1.14 bits per heavy atom. The van der Waals surface area contributed by atoms with Crippen molar-refractivity contribution in [2.24, 2.45) is 21.7 Å². The number of nitrogens with zero attached hydrogens (tertiary/aromatic N) is 1. The van der Waals surface area contributed by atoms with Crippen LogP contribution in [-0.2, 0) is 14.4 Å². The standard InChI is InChI=1S/C17H27NO3S/c1-12(2)10(19)13(3,4)16(12)18(9)21-17(22-16)14(5,6)11(20)15(17,7)8/h1-9H3. The lowest BCUT2D eigenvalue weighted by atomic mass is 9.50. The van der Waals surface area contributed by atoms with Gasteiger partial charge in [-0.2, -0.15) is 5.06 Å². The highest BCUT2D eigenvalue weighted by Crippen LogP contribution is 2.80. The Morgan fingerprint density at radius 1 is 0.773 bits per heavy atom. The molecule has 2 saturated carbocycles. The van der Waals surface area contributed by atoms with Gasteiger partial charge in [-0.25, -0.2) is 0 Å². The minimum atomic E-state index is -0.624. The number of ketones is 2. The number of carbonyl (C=O) groups excluding carboxylic acids is 2. The summed E-state index contributed by atoms with van der Waals surface area (Å²) in [4.78, 5) is 30.6. The molecule has 5 heteroatoms. The number of rotatable bonds is 0. The fourth-order valence-corrected chi connectivity index (χ4v) is 7.80. The minimum Gasteiger partial charge on any atom is -0.298 e. The fourth-order valence-electron chi connectivity index (χ4n) is 5.68. The van der Waals surface area contributed by atoms with E-state index in [2.05, 4.69) is 0 Å². The molecule has 0 amide bonds. The van der Waals surface area contributed by atoms with Crippen LogP contribution in [-0.4, -0.2) is 33.5 Å². The third kappa shape index (κ3) is 1.16. The van der Waals surface area contributed by atoms with Crippen molar-refractivity contribution in [3.8, 4) is 0 Å². The summed E-state index contributed by atoms with van der Waals surface area (Å²) in [5.74, 6) is 0.473. The van der Waals surface area contributed by atoms with E-state index in [-0.39, 0.29) is 11.6 Å². The molecule has 0 aromatic rings. The molecule has 1 aliphatic heterocycles. The summed E-state index contributed by atoms with van der Waals surface area (Å²) in [5.41, 5.74) is -2.15. The Hall–Kier alpha value is -0.390. The topological polar surface area (TPSA) is 46.6 Å². The maximum atomic E-state index is 12.7. The van der Waals surface area contributed by atoms with Crippen LogP contribution in [0, 0.1) is 21.7 Å². The summed E-state index contributed by atoms with van der Waals surface area (Å²) in [6.45, 7) is 15.8. The highest BCUT2D eigenvalue weighted by atomic mass is 32.2. The van der Waals surface area contributed by atoms with Crippen LogP contribution in [0.3, 0.4) is 0 Å². The van der Waals surface area contributed by atoms with Crippen LogP contribution >= 0.6 is 11.8 Å². The van der Waals surface area contributed by atoms with Gasteiger partial charge in [-0.1, -0.05) is 39.5 Å². The molecule has 3 fully saturated rings. The van der Waals surface area contributed by atoms with Crippen molar-refractivity contribution in [1.82, 2.24) is 5.06 Å². The second-order valence-corrected chi connectivity index (χ2v) is 10.5. The molecule has 1 heterocycles. The molecular formula is C17H27NO3S. The van der Waals surface area contributed by atoms with E-state index in [1.165, 1.54) is 0 Å². The molecule has 22 heavy (non-hydrogen) atoms. The predicted octanol–water partition coefficient (Wildman–Crippen LogP) is 3.26. The van der Waals surface area contributed by atoms with Gasteiger partial charge in [0.15, 0.2) is 10.7 Å². The monoisotopic (exact) mass is 325 g/mol. The number of hydroxylamine groups is 2. The first kappa shape index (κ1) is 16.5. The van der Waals surface area contributed by atoms with Gasteiger partial charge < -0.3 is 0 Å². The smallest absolute Gasteiger partial charge is 0.161 e. The van der Waals surface area contributed by atoms with Crippen LogP contribution in [0.4, 0.5) is 0 Å². The van der Waals surface area contributed by atoms with Crippen molar-refractivity contribution >= 4 is 23.3 Å². The summed E-state index contributed by atoms with van der Waals surface area (Å²) in [7, 11) is 1.91. The number of carbonyl (C=O) groups is 2. The molecule has 3 aliphatic rings. The maximum Gasteiger partial charge on any atom is 0.161 e. The zero-order valence-corrected chi connectivity index (χ0v) is 15.9. The normalized spacial score (nSPS) is 35.5. The van der Waals surface area contributed by atoms with E-state index >= 15 is 0 Å². The summed E-state index contributed by atoms with van der Waals surface area (Å²) >= 11 is 1.69. The molecule has 0 unspecified atom stereocenters. The lowest BCUT2D eigenvalue weighted by Crippen LogP contribution is -2.77. The second kappa shape index (κ2) is 3.65. The zero-order valence-electron chi connectivity index (χ0n) is 15.1. The Labute approximate surface area is 137 Å². The quantitative estimate of drug-likeness (QED) is 0.684. The minimum absolute atomic E-state index is 0.221. The number of hydrogen-bond donors (Lipinski definition) is 0. The van der Waals surface area contributed by atoms with Gasteiger partial charge in [-0.3, -0.25) is 14.4 Å². The van der Waals surface area contributed by atoms with Crippen molar-refractivity contribution < 1.29 is 14.4 Å². The SMILES string of the molecule is CN1OC2(SC13C(C)(C)C(=O)C3(C)C)C(C)(C)C(=O)C2(C)C. The second-order valence-electron chi connectivity index (χ2n) is 9.11. The predicted molar refractivity (Wildman–Crippen MR) is 87.0 cm³/mol. The summed E-state index contributed by atoms with van der Waals surface area (Å²) in [6.07, 6.45) is 0. The van der Waals surface area contributed by atoms with Crippen LogP contribution in [0.5, 0.6) is 0 Å².